The van der Waals surface area contributed by atoms with Crippen molar-refractivity contribution in [2.75, 3.05) is 24.8 Å². The van der Waals surface area contributed by atoms with E-state index < -0.39 is 0 Å². The molecule has 5 heteroatoms. The molecule has 1 rings (SSSR count). The number of ether oxygens (including phenoxy) is 2. The molecule has 1 amide bonds. The number of rotatable bonds is 7. The number of benzene rings is 1. The highest BCUT2D eigenvalue weighted by Gasteiger charge is 2.16. The van der Waals surface area contributed by atoms with Crippen LogP contribution >= 0.6 is 0 Å². The maximum Gasteiger partial charge on any atom is 0.226 e. The smallest absolute Gasteiger partial charge is 0.226 e. The van der Waals surface area contributed by atoms with E-state index in [1.165, 1.54) is 0 Å². The maximum atomic E-state index is 11.9. The summed E-state index contributed by atoms with van der Waals surface area (Å²) in [5.74, 6) is 0.461. The average molecular weight is 280 g/mol. The molecule has 0 aromatic heterocycles. The van der Waals surface area contributed by atoms with Gasteiger partial charge in [0.05, 0.1) is 31.4 Å². The molecule has 0 saturated heterocycles. The molecule has 0 atom stereocenters. The SMILES string of the molecule is CCC(C)(C)OCCC(=O)Nc1cc(N)ccc1OC. The first kappa shape index (κ1) is 16.3. The van der Waals surface area contributed by atoms with E-state index in [-0.39, 0.29) is 11.5 Å². The van der Waals surface area contributed by atoms with Crippen molar-refractivity contribution < 1.29 is 14.3 Å². The highest BCUT2D eigenvalue weighted by molar-refractivity contribution is 5.92. The van der Waals surface area contributed by atoms with E-state index in [0.29, 0.717) is 30.2 Å². The molecule has 0 unspecified atom stereocenters. The Morgan fingerprint density at radius 2 is 2.10 bits per heavy atom. The standard InChI is InChI=1S/C15H24N2O3/c1-5-15(2,3)20-9-8-14(18)17-12-10-11(16)6-7-13(12)19-4/h6-7,10H,5,8-9,16H2,1-4H3,(H,17,18). The minimum absolute atomic E-state index is 0.124. The average Bonchev–Trinajstić information content (AvgIpc) is 2.39. The van der Waals surface area contributed by atoms with Gasteiger partial charge >= 0.3 is 0 Å². The van der Waals surface area contributed by atoms with Crippen LogP contribution < -0.4 is 15.8 Å². The van der Waals surface area contributed by atoms with Crippen molar-refractivity contribution in [2.24, 2.45) is 0 Å². The number of carbonyl (C=O) groups is 1. The van der Waals surface area contributed by atoms with Crippen LogP contribution in [0.15, 0.2) is 18.2 Å². The fraction of sp³-hybridized carbons (Fsp3) is 0.533. The van der Waals surface area contributed by atoms with E-state index in [1.807, 2.05) is 13.8 Å². The fourth-order valence-corrected chi connectivity index (χ4v) is 1.56. The Morgan fingerprint density at radius 3 is 2.70 bits per heavy atom. The summed E-state index contributed by atoms with van der Waals surface area (Å²) < 4.78 is 10.8. The molecule has 1 aromatic carbocycles. The summed E-state index contributed by atoms with van der Waals surface area (Å²) in [4.78, 5) is 11.9. The third kappa shape index (κ3) is 5.09. The summed E-state index contributed by atoms with van der Waals surface area (Å²) in [6, 6.07) is 5.12. The van der Waals surface area contributed by atoms with E-state index in [9.17, 15) is 4.79 Å². The largest absolute Gasteiger partial charge is 0.495 e. The van der Waals surface area contributed by atoms with Crippen LogP contribution in [-0.2, 0) is 9.53 Å². The zero-order valence-electron chi connectivity index (χ0n) is 12.7. The summed E-state index contributed by atoms with van der Waals surface area (Å²) in [5, 5.41) is 2.78. The third-order valence-electron chi connectivity index (χ3n) is 3.17. The number of hydrogen-bond donors (Lipinski definition) is 2. The van der Waals surface area contributed by atoms with Crippen LogP contribution in [0.4, 0.5) is 11.4 Å². The van der Waals surface area contributed by atoms with Crippen molar-refractivity contribution >= 4 is 17.3 Å². The van der Waals surface area contributed by atoms with Crippen molar-refractivity contribution in [1.82, 2.24) is 0 Å². The number of anilines is 2. The van der Waals surface area contributed by atoms with Crippen molar-refractivity contribution in [3.8, 4) is 5.75 Å². The normalized spacial score (nSPS) is 11.2. The van der Waals surface area contributed by atoms with Gasteiger partial charge in [0.1, 0.15) is 5.75 Å². The van der Waals surface area contributed by atoms with E-state index in [4.69, 9.17) is 15.2 Å². The Bertz CT molecular complexity index is 458. The summed E-state index contributed by atoms with van der Waals surface area (Å²) in [6.07, 6.45) is 1.19. The molecule has 0 heterocycles. The molecule has 5 nitrogen and oxygen atoms in total. The Labute approximate surface area is 120 Å². The highest BCUT2D eigenvalue weighted by Crippen LogP contribution is 2.26. The molecule has 20 heavy (non-hydrogen) atoms. The minimum atomic E-state index is -0.199. The maximum absolute atomic E-state index is 11.9. The molecule has 0 aliphatic carbocycles. The molecule has 0 saturated carbocycles. The molecule has 0 spiro atoms. The number of hydrogen-bond acceptors (Lipinski definition) is 4. The highest BCUT2D eigenvalue weighted by atomic mass is 16.5. The number of nitrogens with two attached hydrogens (primary N) is 1. The lowest BCUT2D eigenvalue weighted by atomic mass is 10.1. The van der Waals surface area contributed by atoms with E-state index in [2.05, 4.69) is 12.2 Å². The van der Waals surface area contributed by atoms with Gasteiger partial charge in [-0.15, -0.1) is 0 Å². The van der Waals surface area contributed by atoms with Crippen LogP contribution in [0.25, 0.3) is 0 Å². The van der Waals surface area contributed by atoms with Crippen molar-refractivity contribution in [2.45, 2.75) is 39.2 Å². The molecule has 0 radical (unpaired) electrons. The van der Waals surface area contributed by atoms with Gasteiger partial charge in [0, 0.05) is 5.69 Å². The van der Waals surface area contributed by atoms with Crippen LogP contribution in [0.1, 0.15) is 33.6 Å². The predicted octanol–water partition coefficient (Wildman–Crippen LogP) is 2.81. The van der Waals surface area contributed by atoms with Crippen molar-refractivity contribution in [1.29, 1.82) is 0 Å². The molecule has 112 valence electrons. The summed E-state index contributed by atoms with van der Waals surface area (Å²) in [5.41, 5.74) is 6.65. The monoisotopic (exact) mass is 280 g/mol. The lowest BCUT2D eigenvalue weighted by Gasteiger charge is -2.23. The lowest BCUT2D eigenvalue weighted by Crippen LogP contribution is -2.25. The number of amides is 1. The second kappa shape index (κ2) is 7.14. The summed E-state index contributed by atoms with van der Waals surface area (Å²) in [7, 11) is 1.55. The lowest BCUT2D eigenvalue weighted by molar-refractivity contribution is -0.118. The quantitative estimate of drug-likeness (QED) is 0.753. The second-order valence-corrected chi connectivity index (χ2v) is 5.22. The third-order valence-corrected chi connectivity index (χ3v) is 3.17. The molecule has 0 aliphatic rings. The molecule has 0 aliphatic heterocycles. The first-order valence-electron chi connectivity index (χ1n) is 6.75. The van der Waals surface area contributed by atoms with E-state index in [0.717, 1.165) is 6.42 Å². The van der Waals surface area contributed by atoms with Crippen molar-refractivity contribution in [3.63, 3.8) is 0 Å². The fourth-order valence-electron chi connectivity index (χ4n) is 1.56. The van der Waals surface area contributed by atoms with Gasteiger partial charge in [-0.25, -0.2) is 0 Å². The van der Waals surface area contributed by atoms with Gasteiger partial charge in [-0.1, -0.05) is 6.92 Å². The Balaban J connectivity index is 2.52. The summed E-state index contributed by atoms with van der Waals surface area (Å²) in [6.45, 7) is 6.45. The Morgan fingerprint density at radius 1 is 1.40 bits per heavy atom. The van der Waals surface area contributed by atoms with E-state index >= 15 is 0 Å². The molecule has 0 fully saturated rings. The van der Waals surface area contributed by atoms with Gasteiger partial charge in [-0.2, -0.15) is 0 Å². The number of methoxy groups -OCH3 is 1. The zero-order chi connectivity index (χ0) is 15.2. The predicted molar refractivity (Wildman–Crippen MR) is 81.0 cm³/mol. The Kier molecular flexibility index (Phi) is 5.82. The van der Waals surface area contributed by atoms with Gasteiger partial charge in [0.2, 0.25) is 5.91 Å². The van der Waals surface area contributed by atoms with Gasteiger partial charge in [0.25, 0.3) is 0 Å². The van der Waals surface area contributed by atoms with Crippen LogP contribution in [0, 0.1) is 0 Å². The van der Waals surface area contributed by atoms with Gasteiger partial charge in [-0.05, 0) is 38.5 Å². The Hall–Kier alpha value is -1.75. The van der Waals surface area contributed by atoms with Crippen LogP contribution in [0.3, 0.4) is 0 Å². The molecular formula is C15H24N2O3. The minimum Gasteiger partial charge on any atom is -0.495 e. The molecule has 1 aromatic rings. The van der Waals surface area contributed by atoms with Crippen molar-refractivity contribution in [3.05, 3.63) is 18.2 Å². The summed E-state index contributed by atoms with van der Waals surface area (Å²) >= 11 is 0. The molecule has 0 bridgehead atoms. The number of nitrogens with one attached hydrogen (secondary N) is 1. The first-order valence-corrected chi connectivity index (χ1v) is 6.75. The second-order valence-electron chi connectivity index (χ2n) is 5.22. The van der Waals surface area contributed by atoms with Gasteiger partial charge in [0.15, 0.2) is 0 Å². The molecular weight excluding hydrogens is 256 g/mol. The van der Waals surface area contributed by atoms with E-state index in [1.54, 1.807) is 25.3 Å². The zero-order valence-corrected chi connectivity index (χ0v) is 12.7. The number of carbonyl (C=O) groups excluding carboxylic acids is 1. The van der Waals surface area contributed by atoms with Gasteiger partial charge < -0.3 is 20.5 Å². The van der Waals surface area contributed by atoms with Crippen LogP contribution in [0.2, 0.25) is 0 Å². The van der Waals surface area contributed by atoms with Crippen LogP contribution in [0.5, 0.6) is 5.75 Å². The topological polar surface area (TPSA) is 73.6 Å². The number of nitrogen functional groups attached to an aromatic ring is 1. The van der Waals surface area contributed by atoms with Gasteiger partial charge in [-0.3, -0.25) is 4.79 Å². The first-order chi connectivity index (χ1) is 9.38. The van der Waals surface area contributed by atoms with Crippen LogP contribution in [-0.4, -0.2) is 25.2 Å². The molecule has 3 N–H and O–H groups in total.